The van der Waals surface area contributed by atoms with Crippen LogP contribution in [0.5, 0.6) is 0 Å². The van der Waals surface area contributed by atoms with Crippen molar-refractivity contribution in [3.63, 3.8) is 0 Å². The third-order valence-corrected chi connectivity index (χ3v) is 4.18. The van der Waals surface area contributed by atoms with Crippen LogP contribution < -0.4 is 4.72 Å². The summed E-state index contributed by atoms with van der Waals surface area (Å²) in [7, 11) is -2.35. The molecule has 0 spiro atoms. The molecule has 1 aromatic rings. The number of rotatable bonds is 7. The van der Waals surface area contributed by atoms with Gasteiger partial charge >= 0.3 is 16.2 Å². The summed E-state index contributed by atoms with van der Waals surface area (Å²) < 4.78 is 40.6. The molecule has 0 aliphatic rings. The van der Waals surface area contributed by atoms with Crippen LogP contribution in [0.4, 0.5) is 10.1 Å². The van der Waals surface area contributed by atoms with Crippen molar-refractivity contribution in [3.8, 4) is 0 Å². The van der Waals surface area contributed by atoms with Gasteiger partial charge in [-0.05, 0) is 24.6 Å². The number of hydrogen-bond donors (Lipinski definition) is 2. The number of carbonyl (C=O) groups is 1. The second-order valence-electron chi connectivity index (χ2n) is 4.28. The number of carboxylic acids is 1. The highest BCUT2D eigenvalue weighted by molar-refractivity contribution is 7.90. The van der Waals surface area contributed by atoms with E-state index < -0.39 is 27.6 Å². The predicted octanol–water partition coefficient (Wildman–Crippen LogP) is 1.91. The van der Waals surface area contributed by atoms with E-state index in [1.54, 1.807) is 0 Å². The van der Waals surface area contributed by atoms with Gasteiger partial charge in [0.1, 0.15) is 5.82 Å². The topological polar surface area (TPSA) is 86.7 Å². The Labute approximate surface area is 117 Å². The lowest BCUT2D eigenvalue weighted by Crippen LogP contribution is -2.33. The minimum Gasteiger partial charge on any atom is -0.478 e. The molecule has 0 aliphatic heterocycles. The van der Waals surface area contributed by atoms with Crippen LogP contribution in [0.2, 0.25) is 0 Å². The summed E-state index contributed by atoms with van der Waals surface area (Å²) in [6, 6.07) is 3.06. The van der Waals surface area contributed by atoms with Crippen LogP contribution in [0.3, 0.4) is 0 Å². The molecular weight excluding hydrogens is 287 g/mol. The fourth-order valence-corrected chi connectivity index (χ4v) is 2.43. The average Bonchev–Trinajstić information content (AvgIpc) is 2.34. The van der Waals surface area contributed by atoms with E-state index >= 15 is 0 Å². The van der Waals surface area contributed by atoms with Gasteiger partial charge in [0.2, 0.25) is 0 Å². The summed E-state index contributed by atoms with van der Waals surface area (Å²) in [5.41, 5.74) is -0.525. The molecule has 112 valence electrons. The van der Waals surface area contributed by atoms with E-state index in [-0.39, 0.29) is 5.69 Å². The number of benzene rings is 1. The molecule has 1 rings (SSSR count). The molecule has 0 aliphatic carbocycles. The Balaban J connectivity index is 2.87. The lowest BCUT2D eigenvalue weighted by molar-refractivity contribution is 0.0692. The Bertz CT molecular complexity index is 589. The van der Waals surface area contributed by atoms with E-state index in [1.165, 1.54) is 13.1 Å². The fourth-order valence-electron chi connectivity index (χ4n) is 1.48. The van der Waals surface area contributed by atoms with Crippen molar-refractivity contribution < 1.29 is 22.7 Å². The van der Waals surface area contributed by atoms with Gasteiger partial charge in [0, 0.05) is 13.6 Å². The molecule has 0 fully saturated rings. The van der Waals surface area contributed by atoms with E-state index in [2.05, 4.69) is 4.72 Å². The highest BCUT2D eigenvalue weighted by Gasteiger charge is 2.18. The standard InChI is InChI=1S/C12H17FN2O4S/c1-3-4-7-15(2)20(18,19)14-9-5-6-10(12(16)17)11(13)8-9/h5-6,8,14H,3-4,7H2,1-2H3,(H,16,17). The van der Waals surface area contributed by atoms with Crippen molar-refractivity contribution in [2.75, 3.05) is 18.3 Å². The van der Waals surface area contributed by atoms with E-state index in [4.69, 9.17) is 5.11 Å². The molecule has 0 atom stereocenters. The van der Waals surface area contributed by atoms with Crippen LogP contribution >= 0.6 is 0 Å². The minimum absolute atomic E-state index is 0.0177. The van der Waals surface area contributed by atoms with Gasteiger partial charge in [-0.3, -0.25) is 4.72 Å². The van der Waals surface area contributed by atoms with E-state index in [9.17, 15) is 17.6 Å². The Morgan fingerprint density at radius 3 is 2.60 bits per heavy atom. The molecule has 8 heteroatoms. The Morgan fingerprint density at radius 2 is 2.10 bits per heavy atom. The van der Waals surface area contributed by atoms with Crippen molar-refractivity contribution >= 4 is 21.9 Å². The Morgan fingerprint density at radius 1 is 1.45 bits per heavy atom. The largest absolute Gasteiger partial charge is 0.478 e. The van der Waals surface area contributed by atoms with Crippen LogP contribution in [-0.4, -0.2) is 37.4 Å². The van der Waals surface area contributed by atoms with Crippen molar-refractivity contribution in [2.45, 2.75) is 19.8 Å². The number of halogens is 1. The van der Waals surface area contributed by atoms with Crippen LogP contribution in [0.25, 0.3) is 0 Å². The summed E-state index contributed by atoms with van der Waals surface area (Å²) in [4.78, 5) is 10.7. The first kappa shape index (κ1) is 16.4. The molecule has 1 aromatic carbocycles. The quantitative estimate of drug-likeness (QED) is 0.805. The van der Waals surface area contributed by atoms with Gasteiger partial charge in [0.15, 0.2) is 0 Å². The molecule has 0 unspecified atom stereocenters. The maximum Gasteiger partial charge on any atom is 0.338 e. The van der Waals surface area contributed by atoms with Crippen LogP contribution in [0, 0.1) is 5.82 Å². The van der Waals surface area contributed by atoms with Gasteiger partial charge in [-0.25, -0.2) is 9.18 Å². The van der Waals surface area contributed by atoms with E-state index in [0.29, 0.717) is 13.0 Å². The second-order valence-corrected chi connectivity index (χ2v) is 6.06. The van der Waals surface area contributed by atoms with Gasteiger partial charge < -0.3 is 5.11 Å². The van der Waals surface area contributed by atoms with E-state index in [0.717, 1.165) is 22.9 Å². The van der Waals surface area contributed by atoms with Crippen molar-refractivity contribution in [1.29, 1.82) is 0 Å². The number of anilines is 1. The summed E-state index contributed by atoms with van der Waals surface area (Å²) in [6.07, 6.45) is 1.56. The molecule has 0 amide bonds. The first-order valence-corrected chi connectivity index (χ1v) is 7.49. The van der Waals surface area contributed by atoms with Crippen LogP contribution in [0.15, 0.2) is 18.2 Å². The zero-order valence-corrected chi connectivity index (χ0v) is 12.1. The van der Waals surface area contributed by atoms with Crippen molar-refractivity contribution in [2.24, 2.45) is 0 Å². The fraction of sp³-hybridized carbons (Fsp3) is 0.417. The monoisotopic (exact) mass is 304 g/mol. The molecule has 0 aromatic heterocycles. The zero-order valence-electron chi connectivity index (χ0n) is 11.3. The van der Waals surface area contributed by atoms with Gasteiger partial charge in [0.25, 0.3) is 0 Å². The number of nitrogens with one attached hydrogen (secondary N) is 1. The first-order chi connectivity index (χ1) is 9.27. The van der Waals surface area contributed by atoms with E-state index in [1.807, 2.05) is 6.92 Å². The zero-order chi connectivity index (χ0) is 15.3. The molecule has 0 bridgehead atoms. The third-order valence-electron chi connectivity index (χ3n) is 2.68. The highest BCUT2D eigenvalue weighted by atomic mass is 32.2. The van der Waals surface area contributed by atoms with Gasteiger partial charge in [-0.2, -0.15) is 12.7 Å². The number of hydrogen-bond acceptors (Lipinski definition) is 3. The Kier molecular flexibility index (Phi) is 5.46. The number of aromatic carboxylic acids is 1. The summed E-state index contributed by atoms with van der Waals surface area (Å²) in [5.74, 6) is -2.40. The van der Waals surface area contributed by atoms with Crippen LogP contribution in [0.1, 0.15) is 30.1 Å². The van der Waals surface area contributed by atoms with Gasteiger partial charge in [-0.15, -0.1) is 0 Å². The predicted molar refractivity (Wildman–Crippen MR) is 73.4 cm³/mol. The molecular formula is C12H17FN2O4S. The third kappa shape index (κ3) is 4.17. The lowest BCUT2D eigenvalue weighted by atomic mass is 10.2. The molecule has 20 heavy (non-hydrogen) atoms. The normalized spacial score (nSPS) is 11.6. The van der Waals surface area contributed by atoms with Crippen molar-refractivity contribution in [1.82, 2.24) is 4.31 Å². The Hall–Kier alpha value is -1.67. The summed E-state index contributed by atoms with van der Waals surface area (Å²) in [6.45, 7) is 2.29. The smallest absolute Gasteiger partial charge is 0.338 e. The lowest BCUT2D eigenvalue weighted by Gasteiger charge is -2.18. The number of nitrogens with zero attached hydrogens (tertiary/aromatic N) is 1. The number of carboxylic acid groups (broad SMARTS) is 1. The summed E-state index contributed by atoms with van der Waals surface area (Å²) in [5, 5.41) is 8.69. The average molecular weight is 304 g/mol. The molecule has 6 nitrogen and oxygen atoms in total. The van der Waals surface area contributed by atoms with Crippen LogP contribution in [-0.2, 0) is 10.2 Å². The maximum absolute atomic E-state index is 13.5. The minimum atomic E-state index is -3.77. The first-order valence-electron chi connectivity index (χ1n) is 6.05. The number of unbranched alkanes of at least 4 members (excludes halogenated alkanes) is 1. The highest BCUT2D eigenvalue weighted by Crippen LogP contribution is 2.16. The molecule has 0 heterocycles. The van der Waals surface area contributed by atoms with Crippen molar-refractivity contribution in [3.05, 3.63) is 29.6 Å². The molecule has 0 radical (unpaired) electrons. The van der Waals surface area contributed by atoms with Gasteiger partial charge in [-0.1, -0.05) is 13.3 Å². The summed E-state index contributed by atoms with van der Waals surface area (Å²) >= 11 is 0. The maximum atomic E-state index is 13.5. The molecule has 2 N–H and O–H groups in total. The SMILES string of the molecule is CCCCN(C)S(=O)(=O)Nc1ccc(C(=O)O)c(F)c1. The molecule has 0 saturated heterocycles. The molecule has 0 saturated carbocycles. The van der Waals surface area contributed by atoms with Gasteiger partial charge in [0.05, 0.1) is 11.3 Å². The second kappa shape index (κ2) is 6.67.